The zero-order chi connectivity index (χ0) is 9.61. The van der Waals surface area contributed by atoms with Crippen LogP contribution in [0, 0.1) is 0 Å². The molecule has 0 heterocycles. The zero-order valence-electron chi connectivity index (χ0n) is 7.16. The van der Waals surface area contributed by atoms with Crippen LogP contribution >= 0.6 is 0 Å². The largest absolute Gasteiger partial charge is 0.389 e. The van der Waals surface area contributed by atoms with Gasteiger partial charge in [-0.15, -0.1) is 0 Å². The third-order valence-electron chi connectivity index (χ3n) is 1.69. The van der Waals surface area contributed by atoms with Crippen LogP contribution in [-0.4, -0.2) is 12.3 Å². The molecular weight excluding hydrogens is 169 g/mol. The molecule has 0 saturated heterocycles. The van der Waals surface area contributed by atoms with E-state index in [1.807, 2.05) is 0 Å². The van der Waals surface area contributed by atoms with Crippen LogP contribution in [0.15, 0.2) is 0 Å². The predicted molar refractivity (Wildman–Crippen MR) is 39.3 cm³/mol. The smallest absolute Gasteiger partial charge is 0.233 e. The molecule has 0 fully saturated rings. The first-order chi connectivity index (χ1) is 5.45. The molecule has 0 aromatic carbocycles. The summed E-state index contributed by atoms with van der Waals surface area (Å²) < 4.78 is 34.8. The Hall–Kier alpha value is -0.250. The Kier molecular flexibility index (Phi) is 5.29. The van der Waals surface area contributed by atoms with Gasteiger partial charge in [0.1, 0.15) is 0 Å². The number of halogens is 3. The zero-order valence-corrected chi connectivity index (χ0v) is 7.16. The number of hydrogen-bond acceptors (Lipinski definition) is 0. The fourth-order valence-electron chi connectivity index (χ4n) is 0.902. The van der Waals surface area contributed by atoms with Crippen LogP contribution in [-0.2, 0) is 5.11 Å². The highest BCUT2D eigenvalue weighted by molar-refractivity contribution is 4.55. The van der Waals surface area contributed by atoms with Gasteiger partial charge in [-0.05, 0) is 19.3 Å². The minimum absolute atomic E-state index is 0.0856. The van der Waals surface area contributed by atoms with Crippen molar-refractivity contribution in [2.45, 2.75) is 51.3 Å². The van der Waals surface area contributed by atoms with Crippen LogP contribution in [0.25, 0.3) is 0 Å². The summed E-state index contributed by atoms with van der Waals surface area (Å²) in [7, 11) is 0. The van der Waals surface area contributed by atoms with Crippen LogP contribution in [0.2, 0.25) is 0 Å². The maximum atomic E-state index is 11.6. The summed E-state index contributed by atoms with van der Waals surface area (Å²) in [5.74, 6) is 0. The highest BCUT2D eigenvalue weighted by Crippen LogP contribution is 2.23. The molecule has 1 radical (unpaired) electrons. The molecule has 0 bridgehead atoms. The molecule has 1 unspecified atom stereocenters. The highest BCUT2D eigenvalue weighted by atomic mass is 19.4. The molecule has 1 nitrogen and oxygen atoms in total. The average molecular weight is 183 g/mol. The van der Waals surface area contributed by atoms with Crippen molar-refractivity contribution < 1.29 is 18.3 Å². The molecule has 0 spiro atoms. The van der Waals surface area contributed by atoms with Crippen LogP contribution in [0.4, 0.5) is 13.2 Å². The maximum absolute atomic E-state index is 11.6. The Balaban J connectivity index is 3.22. The molecule has 0 aliphatic rings. The fourth-order valence-corrected chi connectivity index (χ4v) is 0.902. The Morgan fingerprint density at radius 3 is 2.25 bits per heavy atom. The lowest BCUT2D eigenvalue weighted by Crippen LogP contribution is -2.08. The molecule has 1 atom stereocenters. The van der Waals surface area contributed by atoms with Crippen molar-refractivity contribution >= 4 is 0 Å². The summed E-state index contributed by atoms with van der Waals surface area (Å²) in [6, 6.07) is 0. The van der Waals surface area contributed by atoms with Gasteiger partial charge in [-0.25, -0.2) is 5.11 Å². The molecule has 0 N–H and O–H groups in total. The molecule has 0 aliphatic heterocycles. The molecule has 0 aromatic heterocycles. The van der Waals surface area contributed by atoms with Crippen molar-refractivity contribution in [2.24, 2.45) is 0 Å². The Morgan fingerprint density at radius 1 is 1.25 bits per heavy atom. The summed E-state index contributed by atoms with van der Waals surface area (Å²) >= 11 is 0. The van der Waals surface area contributed by atoms with E-state index in [0.717, 1.165) is 0 Å². The quantitative estimate of drug-likeness (QED) is 0.583. The first-order valence-corrected chi connectivity index (χ1v) is 4.18. The summed E-state index contributed by atoms with van der Waals surface area (Å²) in [5, 5.41) is 10.7. The van der Waals surface area contributed by atoms with E-state index in [1.54, 1.807) is 6.92 Å². The second-order valence-electron chi connectivity index (χ2n) is 2.89. The van der Waals surface area contributed by atoms with Crippen molar-refractivity contribution in [2.75, 3.05) is 0 Å². The van der Waals surface area contributed by atoms with E-state index in [4.69, 9.17) is 0 Å². The van der Waals surface area contributed by atoms with Gasteiger partial charge in [0.25, 0.3) is 0 Å². The van der Waals surface area contributed by atoms with Crippen molar-refractivity contribution in [3.05, 3.63) is 0 Å². The monoisotopic (exact) mass is 183 g/mol. The number of alkyl halides is 3. The van der Waals surface area contributed by atoms with Gasteiger partial charge in [-0.2, -0.15) is 13.2 Å². The first kappa shape index (κ1) is 11.8. The maximum Gasteiger partial charge on any atom is 0.389 e. The summed E-state index contributed by atoms with van der Waals surface area (Å²) in [4.78, 5) is 0. The van der Waals surface area contributed by atoms with Gasteiger partial charge in [0.05, 0.1) is 6.10 Å². The molecule has 4 heteroatoms. The van der Waals surface area contributed by atoms with E-state index in [1.165, 1.54) is 0 Å². The normalized spacial score (nSPS) is 14.8. The van der Waals surface area contributed by atoms with Gasteiger partial charge in [0.2, 0.25) is 0 Å². The van der Waals surface area contributed by atoms with E-state index in [9.17, 15) is 18.3 Å². The van der Waals surface area contributed by atoms with Crippen LogP contribution < -0.4 is 0 Å². The lowest BCUT2D eigenvalue weighted by molar-refractivity contribution is -0.136. The number of rotatable bonds is 5. The lowest BCUT2D eigenvalue weighted by atomic mass is 10.1. The third-order valence-corrected chi connectivity index (χ3v) is 1.69. The molecule has 0 saturated carbocycles. The summed E-state index contributed by atoms with van der Waals surface area (Å²) in [6.45, 7) is 1.75. The van der Waals surface area contributed by atoms with E-state index in [-0.39, 0.29) is 6.42 Å². The first-order valence-electron chi connectivity index (χ1n) is 4.18. The second-order valence-corrected chi connectivity index (χ2v) is 2.89. The summed E-state index contributed by atoms with van der Waals surface area (Å²) in [5.41, 5.74) is 0. The third kappa shape index (κ3) is 7.85. The number of hydrogen-bond donors (Lipinski definition) is 0. The fraction of sp³-hybridized carbons (Fsp3) is 1.00. The van der Waals surface area contributed by atoms with Gasteiger partial charge in [0, 0.05) is 6.42 Å². The van der Waals surface area contributed by atoms with Crippen molar-refractivity contribution in [3.8, 4) is 0 Å². The average Bonchev–Trinajstić information content (AvgIpc) is 1.96. The van der Waals surface area contributed by atoms with Gasteiger partial charge >= 0.3 is 6.18 Å². The molecule has 73 valence electrons. The van der Waals surface area contributed by atoms with Crippen LogP contribution in [0.5, 0.6) is 0 Å². The molecule has 0 aliphatic carbocycles. The predicted octanol–water partition coefficient (Wildman–Crippen LogP) is 3.32. The second kappa shape index (κ2) is 5.41. The Labute approximate surface area is 70.6 Å². The minimum atomic E-state index is -4.06. The van der Waals surface area contributed by atoms with E-state index >= 15 is 0 Å². The molecule has 0 rings (SSSR count). The molecule has 12 heavy (non-hydrogen) atoms. The Bertz CT molecular complexity index is 111. The molecule has 0 aromatic rings. The van der Waals surface area contributed by atoms with Crippen molar-refractivity contribution in [3.63, 3.8) is 0 Å². The number of unbranched alkanes of at least 4 members (excludes halogenated alkanes) is 1. The van der Waals surface area contributed by atoms with Gasteiger partial charge in [0.15, 0.2) is 0 Å². The van der Waals surface area contributed by atoms with Crippen LogP contribution in [0.1, 0.15) is 39.0 Å². The van der Waals surface area contributed by atoms with E-state index < -0.39 is 18.7 Å². The highest BCUT2D eigenvalue weighted by Gasteiger charge is 2.25. The summed E-state index contributed by atoms with van der Waals surface area (Å²) in [6.07, 6.45) is -4.16. The molecule has 0 amide bonds. The van der Waals surface area contributed by atoms with Gasteiger partial charge in [-0.3, -0.25) is 0 Å². The van der Waals surface area contributed by atoms with Gasteiger partial charge in [-0.1, -0.05) is 13.3 Å². The molecular formula is C8H14F3O. The van der Waals surface area contributed by atoms with Crippen LogP contribution in [0.3, 0.4) is 0 Å². The van der Waals surface area contributed by atoms with E-state index in [0.29, 0.717) is 19.3 Å². The van der Waals surface area contributed by atoms with Crippen molar-refractivity contribution in [1.29, 1.82) is 0 Å². The standard InChI is InChI=1S/C8H14F3O/c1-2-7(12)5-3-4-6-8(9,10)11/h7H,2-6H2,1H3. The lowest BCUT2D eigenvalue weighted by Gasteiger charge is -2.06. The Morgan fingerprint density at radius 2 is 1.83 bits per heavy atom. The minimum Gasteiger partial charge on any atom is -0.233 e. The van der Waals surface area contributed by atoms with E-state index in [2.05, 4.69) is 0 Å². The SMILES string of the molecule is CCC([O])CCCCC(F)(F)F. The van der Waals surface area contributed by atoms with Gasteiger partial charge < -0.3 is 0 Å². The van der Waals surface area contributed by atoms with Crippen molar-refractivity contribution in [1.82, 2.24) is 0 Å². The topological polar surface area (TPSA) is 19.9 Å².